The number of piperazine rings is 1. The molecule has 3 rings (SSSR count). The number of hydrogen-bond donors (Lipinski definition) is 2. The fourth-order valence-corrected chi connectivity index (χ4v) is 3.82. The number of aromatic hydroxyl groups is 1. The number of aliphatic hydroxyl groups excluding tert-OH is 1. The van der Waals surface area contributed by atoms with Gasteiger partial charge in [-0.2, -0.15) is 0 Å². The molecule has 1 aliphatic heterocycles. The molecule has 146 valence electrons. The molecular formula is C22H30N2O3. The van der Waals surface area contributed by atoms with Gasteiger partial charge in [-0.1, -0.05) is 30.3 Å². The fraction of sp³-hybridized carbons (Fsp3) is 0.455. The average Bonchev–Trinajstić information content (AvgIpc) is 2.67. The molecule has 5 nitrogen and oxygen atoms in total. The van der Waals surface area contributed by atoms with E-state index in [4.69, 9.17) is 4.74 Å². The Balaban J connectivity index is 1.66. The Bertz CT molecular complexity index is 750. The molecule has 0 aliphatic carbocycles. The van der Waals surface area contributed by atoms with Crippen LogP contribution in [0.4, 0.5) is 0 Å². The molecule has 1 aliphatic rings. The highest BCUT2D eigenvalue weighted by molar-refractivity contribution is 5.41. The lowest BCUT2D eigenvalue weighted by Crippen LogP contribution is -2.52. The Labute approximate surface area is 161 Å². The largest absolute Gasteiger partial charge is 0.504 e. The Hall–Kier alpha value is -2.08. The lowest BCUT2D eigenvalue weighted by molar-refractivity contribution is 0.0498. The first-order valence-electron chi connectivity index (χ1n) is 9.58. The van der Waals surface area contributed by atoms with Crippen LogP contribution in [-0.2, 0) is 13.1 Å². The molecule has 0 spiro atoms. The van der Waals surface area contributed by atoms with Crippen molar-refractivity contribution in [1.82, 2.24) is 9.80 Å². The summed E-state index contributed by atoms with van der Waals surface area (Å²) in [6, 6.07) is 14.4. The normalized spacial score (nSPS) is 18.6. The lowest BCUT2D eigenvalue weighted by Gasteiger charge is -2.41. The topological polar surface area (TPSA) is 56.2 Å². The van der Waals surface area contributed by atoms with Gasteiger partial charge in [-0.25, -0.2) is 0 Å². The highest BCUT2D eigenvalue weighted by atomic mass is 16.5. The van der Waals surface area contributed by atoms with E-state index in [2.05, 4.69) is 41.0 Å². The van der Waals surface area contributed by atoms with Gasteiger partial charge in [0.15, 0.2) is 11.5 Å². The van der Waals surface area contributed by atoms with Crippen molar-refractivity contribution >= 4 is 0 Å². The molecule has 2 aromatic carbocycles. The number of hydrogen-bond acceptors (Lipinski definition) is 5. The minimum atomic E-state index is 0.169. The van der Waals surface area contributed by atoms with Gasteiger partial charge in [-0.15, -0.1) is 0 Å². The maximum absolute atomic E-state index is 9.78. The highest BCUT2D eigenvalue weighted by Crippen LogP contribution is 2.27. The summed E-state index contributed by atoms with van der Waals surface area (Å²) in [7, 11) is 1.57. The zero-order valence-electron chi connectivity index (χ0n) is 16.3. The molecule has 27 heavy (non-hydrogen) atoms. The smallest absolute Gasteiger partial charge is 0.160 e. The monoisotopic (exact) mass is 370 g/mol. The quantitative estimate of drug-likeness (QED) is 0.785. The Morgan fingerprint density at radius 2 is 1.93 bits per heavy atom. The van der Waals surface area contributed by atoms with Crippen molar-refractivity contribution in [2.45, 2.75) is 32.5 Å². The highest BCUT2D eigenvalue weighted by Gasteiger charge is 2.27. The molecule has 1 atom stereocenters. The summed E-state index contributed by atoms with van der Waals surface area (Å²) in [5.41, 5.74) is 3.80. The van der Waals surface area contributed by atoms with Gasteiger partial charge >= 0.3 is 0 Å². The van der Waals surface area contributed by atoms with Gasteiger partial charge < -0.3 is 14.9 Å². The summed E-state index contributed by atoms with van der Waals surface area (Å²) in [5, 5.41) is 19.3. The molecule has 1 unspecified atom stereocenters. The molecule has 0 bridgehead atoms. The van der Waals surface area contributed by atoms with Gasteiger partial charge in [0, 0.05) is 45.4 Å². The number of phenols is 1. The predicted molar refractivity (Wildman–Crippen MR) is 107 cm³/mol. The van der Waals surface area contributed by atoms with E-state index in [1.165, 1.54) is 11.1 Å². The first-order chi connectivity index (χ1) is 13.1. The van der Waals surface area contributed by atoms with E-state index in [9.17, 15) is 10.2 Å². The van der Waals surface area contributed by atoms with E-state index >= 15 is 0 Å². The van der Waals surface area contributed by atoms with E-state index in [0.717, 1.165) is 44.7 Å². The summed E-state index contributed by atoms with van der Waals surface area (Å²) in [6.45, 7) is 7.00. The van der Waals surface area contributed by atoms with Gasteiger partial charge in [0.05, 0.1) is 7.11 Å². The zero-order chi connectivity index (χ0) is 19.2. The summed E-state index contributed by atoms with van der Waals surface area (Å²) in [5.74, 6) is 0.681. The predicted octanol–water partition coefficient (Wildman–Crippen LogP) is 2.78. The molecule has 0 aromatic heterocycles. The van der Waals surface area contributed by atoms with Crippen LogP contribution in [0.2, 0.25) is 0 Å². The van der Waals surface area contributed by atoms with Crippen molar-refractivity contribution in [2.24, 2.45) is 0 Å². The first kappa shape index (κ1) is 19.7. The van der Waals surface area contributed by atoms with Crippen molar-refractivity contribution in [3.8, 4) is 11.5 Å². The Kier molecular flexibility index (Phi) is 6.72. The summed E-state index contributed by atoms with van der Waals surface area (Å²) in [6.07, 6.45) is 0.779. The fourth-order valence-electron chi connectivity index (χ4n) is 3.82. The molecule has 2 N–H and O–H groups in total. The number of nitrogens with zero attached hydrogens (tertiary/aromatic N) is 2. The van der Waals surface area contributed by atoms with E-state index in [0.29, 0.717) is 11.8 Å². The van der Waals surface area contributed by atoms with Crippen molar-refractivity contribution in [3.63, 3.8) is 0 Å². The van der Waals surface area contributed by atoms with Gasteiger partial charge in [0.2, 0.25) is 0 Å². The van der Waals surface area contributed by atoms with Gasteiger partial charge in [-0.3, -0.25) is 9.80 Å². The first-order valence-corrected chi connectivity index (χ1v) is 9.58. The summed E-state index contributed by atoms with van der Waals surface area (Å²) < 4.78 is 5.22. The summed E-state index contributed by atoms with van der Waals surface area (Å²) in [4.78, 5) is 4.91. The van der Waals surface area contributed by atoms with E-state index in [-0.39, 0.29) is 12.4 Å². The average molecular weight is 370 g/mol. The van der Waals surface area contributed by atoms with Crippen LogP contribution in [0.1, 0.15) is 23.1 Å². The molecule has 2 aromatic rings. The molecule has 5 heteroatoms. The third-order valence-corrected chi connectivity index (χ3v) is 5.44. The SMILES string of the molecule is COc1cc(CN2CCN(Cc3ccccc3C)C(CCO)C2)ccc1O. The number of methoxy groups -OCH3 is 1. The van der Waals surface area contributed by atoms with Crippen LogP contribution in [0, 0.1) is 6.92 Å². The Morgan fingerprint density at radius 1 is 1.11 bits per heavy atom. The van der Waals surface area contributed by atoms with Crippen LogP contribution in [0.15, 0.2) is 42.5 Å². The number of phenolic OH excluding ortho intramolecular Hbond substituents is 1. The number of benzene rings is 2. The molecular weight excluding hydrogens is 340 g/mol. The number of ether oxygens (including phenoxy) is 1. The second kappa shape index (κ2) is 9.22. The molecule has 0 amide bonds. The standard InChI is InChI=1S/C22H30N2O3/c1-17-5-3-4-6-19(17)15-24-11-10-23(16-20(24)9-12-25)14-18-7-8-21(26)22(13-18)27-2/h3-8,13,20,25-26H,9-12,14-16H2,1-2H3. The Morgan fingerprint density at radius 3 is 2.67 bits per heavy atom. The van der Waals surface area contributed by atoms with Crippen molar-refractivity contribution in [2.75, 3.05) is 33.4 Å². The molecule has 1 saturated heterocycles. The molecule has 1 heterocycles. The lowest BCUT2D eigenvalue weighted by atomic mass is 10.0. The van der Waals surface area contributed by atoms with Crippen LogP contribution in [0.5, 0.6) is 11.5 Å². The third kappa shape index (κ3) is 5.01. The van der Waals surface area contributed by atoms with Crippen molar-refractivity contribution in [1.29, 1.82) is 0 Å². The van der Waals surface area contributed by atoms with Gasteiger partial charge in [-0.05, 0) is 42.2 Å². The minimum absolute atomic E-state index is 0.169. The maximum Gasteiger partial charge on any atom is 0.160 e. The second-order valence-electron chi connectivity index (χ2n) is 7.30. The van der Waals surface area contributed by atoms with Crippen LogP contribution < -0.4 is 4.74 Å². The van der Waals surface area contributed by atoms with E-state index < -0.39 is 0 Å². The number of rotatable bonds is 7. The van der Waals surface area contributed by atoms with Crippen LogP contribution in [-0.4, -0.2) is 59.4 Å². The van der Waals surface area contributed by atoms with Gasteiger partial charge in [0.1, 0.15) is 0 Å². The van der Waals surface area contributed by atoms with E-state index in [1.807, 2.05) is 12.1 Å². The molecule has 0 saturated carbocycles. The molecule has 0 radical (unpaired) electrons. The summed E-state index contributed by atoms with van der Waals surface area (Å²) >= 11 is 0. The minimum Gasteiger partial charge on any atom is -0.504 e. The van der Waals surface area contributed by atoms with Crippen molar-refractivity contribution in [3.05, 3.63) is 59.2 Å². The van der Waals surface area contributed by atoms with E-state index in [1.54, 1.807) is 13.2 Å². The van der Waals surface area contributed by atoms with Crippen LogP contribution >= 0.6 is 0 Å². The van der Waals surface area contributed by atoms with Gasteiger partial charge in [0.25, 0.3) is 0 Å². The second-order valence-corrected chi connectivity index (χ2v) is 7.30. The number of aliphatic hydroxyl groups is 1. The third-order valence-electron chi connectivity index (χ3n) is 5.44. The van der Waals surface area contributed by atoms with Crippen LogP contribution in [0.3, 0.4) is 0 Å². The number of aryl methyl sites for hydroxylation is 1. The molecule has 1 fully saturated rings. The van der Waals surface area contributed by atoms with Crippen LogP contribution in [0.25, 0.3) is 0 Å². The maximum atomic E-state index is 9.78. The van der Waals surface area contributed by atoms with Crippen molar-refractivity contribution < 1.29 is 14.9 Å². The zero-order valence-corrected chi connectivity index (χ0v) is 16.3.